The highest BCUT2D eigenvalue weighted by Crippen LogP contribution is 2.37. The maximum Gasteiger partial charge on any atom is 0.257 e. The second-order valence-electron chi connectivity index (χ2n) is 7.02. The molecular formula is C19H21NO4. The van der Waals surface area contributed by atoms with Gasteiger partial charge in [-0.3, -0.25) is 4.79 Å². The van der Waals surface area contributed by atoms with Gasteiger partial charge in [-0.25, -0.2) is 0 Å². The minimum absolute atomic E-state index is 0.0559. The lowest BCUT2D eigenvalue weighted by Crippen LogP contribution is -2.45. The number of amides is 1. The van der Waals surface area contributed by atoms with E-state index in [1.165, 1.54) is 11.8 Å². The molecule has 2 aliphatic rings. The third kappa shape index (κ3) is 2.86. The van der Waals surface area contributed by atoms with Gasteiger partial charge in [-0.1, -0.05) is 13.0 Å². The molecule has 3 heterocycles. The number of rotatable bonds is 3. The number of carbonyl (C=O) groups excluding carboxylic acids is 1. The van der Waals surface area contributed by atoms with Gasteiger partial charge in [0.15, 0.2) is 11.5 Å². The zero-order chi connectivity index (χ0) is 16.6. The molecule has 5 heteroatoms. The molecule has 0 unspecified atom stereocenters. The number of hydrogen-bond acceptors (Lipinski definition) is 4. The Bertz CT molecular complexity index is 740. The highest BCUT2D eigenvalue weighted by Gasteiger charge is 2.34. The van der Waals surface area contributed by atoms with Crippen molar-refractivity contribution < 1.29 is 18.7 Å². The molecule has 1 fully saturated rings. The number of likely N-dealkylation sites (tertiary alicyclic amines) is 1. The van der Waals surface area contributed by atoms with Crippen molar-refractivity contribution in [2.45, 2.75) is 26.2 Å². The van der Waals surface area contributed by atoms with E-state index in [-0.39, 0.29) is 11.3 Å². The lowest BCUT2D eigenvalue weighted by atomic mass is 9.77. The van der Waals surface area contributed by atoms with Crippen LogP contribution in [0.15, 0.2) is 41.2 Å². The van der Waals surface area contributed by atoms with Crippen molar-refractivity contribution >= 4 is 5.91 Å². The minimum Gasteiger partial charge on any atom is -0.472 e. The van der Waals surface area contributed by atoms with Crippen LogP contribution in [0.1, 0.15) is 35.7 Å². The fraction of sp³-hybridized carbons (Fsp3) is 0.421. The fourth-order valence-electron chi connectivity index (χ4n) is 3.75. The molecule has 2 aliphatic heterocycles. The number of fused-ring (bicyclic) bond motifs is 1. The van der Waals surface area contributed by atoms with E-state index in [1.807, 2.05) is 11.0 Å². The first-order chi connectivity index (χ1) is 11.6. The van der Waals surface area contributed by atoms with E-state index in [4.69, 9.17) is 13.9 Å². The van der Waals surface area contributed by atoms with Crippen LogP contribution in [0.2, 0.25) is 0 Å². The van der Waals surface area contributed by atoms with E-state index >= 15 is 0 Å². The van der Waals surface area contributed by atoms with Gasteiger partial charge in [-0.05, 0) is 48.4 Å². The molecule has 5 nitrogen and oxygen atoms in total. The van der Waals surface area contributed by atoms with E-state index in [0.717, 1.165) is 43.9 Å². The molecule has 1 aromatic heterocycles. The summed E-state index contributed by atoms with van der Waals surface area (Å²) < 4.78 is 15.9. The monoisotopic (exact) mass is 327 g/mol. The third-order valence-electron chi connectivity index (χ3n) is 4.90. The van der Waals surface area contributed by atoms with Gasteiger partial charge in [-0.2, -0.15) is 0 Å². The van der Waals surface area contributed by atoms with E-state index in [2.05, 4.69) is 19.1 Å². The van der Waals surface area contributed by atoms with Crippen LogP contribution in [0, 0.1) is 5.41 Å². The largest absolute Gasteiger partial charge is 0.472 e. The highest BCUT2D eigenvalue weighted by molar-refractivity contribution is 5.93. The van der Waals surface area contributed by atoms with Crippen LogP contribution in [0.25, 0.3) is 0 Å². The van der Waals surface area contributed by atoms with Crippen molar-refractivity contribution in [1.29, 1.82) is 0 Å². The summed E-state index contributed by atoms with van der Waals surface area (Å²) in [6, 6.07) is 7.85. The zero-order valence-corrected chi connectivity index (χ0v) is 13.8. The van der Waals surface area contributed by atoms with E-state index in [9.17, 15) is 4.79 Å². The topological polar surface area (TPSA) is 51.9 Å². The zero-order valence-electron chi connectivity index (χ0n) is 13.8. The molecule has 0 radical (unpaired) electrons. The summed E-state index contributed by atoms with van der Waals surface area (Å²) in [5.74, 6) is 1.68. The lowest BCUT2D eigenvalue weighted by molar-refractivity contribution is 0.0550. The molecule has 24 heavy (non-hydrogen) atoms. The lowest BCUT2D eigenvalue weighted by Gasteiger charge is -2.40. The minimum atomic E-state index is 0.0559. The van der Waals surface area contributed by atoms with Crippen molar-refractivity contribution in [2.75, 3.05) is 19.9 Å². The molecule has 0 bridgehead atoms. The first-order valence-electron chi connectivity index (χ1n) is 8.33. The van der Waals surface area contributed by atoms with Gasteiger partial charge in [0.25, 0.3) is 5.91 Å². The van der Waals surface area contributed by atoms with Gasteiger partial charge in [0, 0.05) is 13.1 Å². The van der Waals surface area contributed by atoms with Crippen LogP contribution >= 0.6 is 0 Å². The Morgan fingerprint density at radius 1 is 1.25 bits per heavy atom. The maximum absolute atomic E-state index is 12.6. The number of piperidine rings is 1. The van der Waals surface area contributed by atoms with Crippen LogP contribution in [-0.4, -0.2) is 30.7 Å². The van der Waals surface area contributed by atoms with Crippen LogP contribution in [0.5, 0.6) is 11.5 Å². The highest BCUT2D eigenvalue weighted by atomic mass is 16.7. The Morgan fingerprint density at radius 2 is 2.12 bits per heavy atom. The Balaban J connectivity index is 1.49. The molecule has 1 amide bonds. The van der Waals surface area contributed by atoms with Crippen LogP contribution in [0.3, 0.4) is 0 Å². The summed E-state index contributed by atoms with van der Waals surface area (Å²) >= 11 is 0. The molecule has 0 N–H and O–H groups in total. The summed E-state index contributed by atoms with van der Waals surface area (Å²) in [6.07, 6.45) is 6.11. The molecule has 1 atom stereocenters. The van der Waals surface area contributed by atoms with Crippen molar-refractivity contribution in [3.63, 3.8) is 0 Å². The number of benzene rings is 1. The number of carbonyl (C=O) groups is 1. The average molecular weight is 327 g/mol. The SMILES string of the molecule is C[C@@]1(Cc2ccc3c(c2)OCO3)CCCN(C(=O)c2ccoc2)C1. The van der Waals surface area contributed by atoms with Crippen LogP contribution < -0.4 is 9.47 Å². The number of nitrogens with zero attached hydrogens (tertiary/aromatic N) is 1. The fourth-order valence-corrected chi connectivity index (χ4v) is 3.75. The Kier molecular flexibility index (Phi) is 3.71. The molecule has 1 saturated heterocycles. The van der Waals surface area contributed by atoms with Gasteiger partial charge >= 0.3 is 0 Å². The molecule has 1 aromatic carbocycles. The summed E-state index contributed by atoms with van der Waals surface area (Å²) in [5, 5.41) is 0. The van der Waals surface area contributed by atoms with Crippen molar-refractivity contribution in [2.24, 2.45) is 5.41 Å². The Labute approximate surface area is 141 Å². The second kappa shape index (κ2) is 5.89. The quantitative estimate of drug-likeness (QED) is 0.866. The third-order valence-corrected chi connectivity index (χ3v) is 4.90. The number of hydrogen-bond donors (Lipinski definition) is 0. The predicted molar refractivity (Wildman–Crippen MR) is 88.2 cm³/mol. The standard InChI is InChI=1S/C19H21NO4/c1-19(10-14-3-4-16-17(9-14)24-13-23-16)6-2-7-20(12-19)18(21)15-5-8-22-11-15/h3-5,8-9,11H,2,6-7,10,12-13H2,1H3/t19-/m0/s1. The van der Waals surface area contributed by atoms with E-state index in [1.54, 1.807) is 12.3 Å². The molecule has 4 rings (SSSR count). The number of furan rings is 1. The summed E-state index contributed by atoms with van der Waals surface area (Å²) in [6.45, 7) is 4.11. The van der Waals surface area contributed by atoms with Gasteiger partial charge in [0.05, 0.1) is 11.8 Å². The van der Waals surface area contributed by atoms with Gasteiger partial charge < -0.3 is 18.8 Å². The average Bonchev–Trinajstić information content (AvgIpc) is 3.25. The van der Waals surface area contributed by atoms with Crippen molar-refractivity contribution in [3.05, 3.63) is 47.9 Å². The molecule has 0 spiro atoms. The van der Waals surface area contributed by atoms with E-state index in [0.29, 0.717) is 12.4 Å². The first kappa shape index (κ1) is 15.1. The Morgan fingerprint density at radius 3 is 2.96 bits per heavy atom. The van der Waals surface area contributed by atoms with Gasteiger partial charge in [0.1, 0.15) is 6.26 Å². The molecule has 2 aromatic rings. The van der Waals surface area contributed by atoms with Gasteiger partial charge in [0.2, 0.25) is 6.79 Å². The number of ether oxygens (including phenoxy) is 2. The molecular weight excluding hydrogens is 306 g/mol. The molecule has 0 saturated carbocycles. The molecule has 126 valence electrons. The van der Waals surface area contributed by atoms with Crippen LogP contribution in [-0.2, 0) is 6.42 Å². The van der Waals surface area contributed by atoms with Crippen molar-refractivity contribution in [1.82, 2.24) is 4.90 Å². The van der Waals surface area contributed by atoms with Gasteiger partial charge in [-0.15, -0.1) is 0 Å². The predicted octanol–water partition coefficient (Wildman–Crippen LogP) is 3.49. The summed E-state index contributed by atoms with van der Waals surface area (Å²) in [5.41, 5.74) is 1.91. The summed E-state index contributed by atoms with van der Waals surface area (Å²) in [7, 11) is 0. The Hall–Kier alpha value is -2.43. The van der Waals surface area contributed by atoms with Crippen LogP contribution in [0.4, 0.5) is 0 Å². The summed E-state index contributed by atoms with van der Waals surface area (Å²) in [4.78, 5) is 14.5. The first-order valence-corrected chi connectivity index (χ1v) is 8.33. The molecule has 0 aliphatic carbocycles. The second-order valence-corrected chi connectivity index (χ2v) is 7.02. The smallest absolute Gasteiger partial charge is 0.257 e. The van der Waals surface area contributed by atoms with Crippen molar-refractivity contribution in [3.8, 4) is 11.5 Å². The maximum atomic E-state index is 12.6. The normalized spacial score (nSPS) is 22.6. The van der Waals surface area contributed by atoms with E-state index < -0.39 is 0 Å².